The Morgan fingerprint density at radius 2 is 0.667 bits per heavy atom. The van der Waals surface area contributed by atoms with Crippen molar-refractivity contribution in [3.8, 4) is 0 Å². The Labute approximate surface area is 410 Å². The van der Waals surface area contributed by atoms with Crippen LogP contribution in [0.15, 0.2) is 0 Å². The molecule has 1 rings (SSSR count). The molecule has 23 heteroatoms. The van der Waals surface area contributed by atoms with E-state index in [4.69, 9.17) is 29.4 Å². The minimum Gasteiger partial charge on any atom is -0.456 e. The second kappa shape index (κ2) is 30.6. The molecular weight excluding hydrogens is 1190 g/mol. The van der Waals surface area contributed by atoms with Gasteiger partial charge in [-0.1, -0.05) is 89.4 Å². The normalized spacial score (nSPS) is 16.3. The first kappa shape index (κ1) is 67.5. The van der Waals surface area contributed by atoms with Crippen molar-refractivity contribution < 1.29 is 42.6 Å². The Balaban J connectivity index is -0.000000809. The van der Waals surface area contributed by atoms with Crippen LogP contribution in [0.4, 0.5) is 13.2 Å². The topological polar surface area (TPSA) is 91.3 Å². The molecule has 0 saturated carbocycles. The van der Waals surface area contributed by atoms with Crippen molar-refractivity contribution in [3.63, 3.8) is 0 Å². The van der Waals surface area contributed by atoms with Crippen molar-refractivity contribution in [2.75, 3.05) is 21.3 Å². The summed E-state index contributed by atoms with van der Waals surface area (Å²) in [4.78, 5) is 0. The third kappa shape index (κ3) is 40.3. The minimum atomic E-state index is -5.84. The van der Waals surface area contributed by atoms with Gasteiger partial charge in [0.2, 0.25) is 0 Å². The second-order valence-corrected chi connectivity index (χ2v) is 61.0. The molecular formula is C37H89Br4F3O7SSi8. The van der Waals surface area contributed by atoms with Crippen molar-refractivity contribution in [2.45, 2.75) is 210 Å². The molecule has 7 nitrogen and oxygen atoms in total. The van der Waals surface area contributed by atoms with Gasteiger partial charge in [-0.25, -0.2) is 0 Å². The molecule has 0 aliphatic carbocycles. The van der Waals surface area contributed by atoms with E-state index in [0.29, 0.717) is 0 Å². The van der Waals surface area contributed by atoms with Crippen LogP contribution >= 0.6 is 63.7 Å². The summed E-state index contributed by atoms with van der Waals surface area (Å²) in [6.45, 7) is 38.2. The van der Waals surface area contributed by atoms with Gasteiger partial charge in [0.25, 0.3) is 0 Å². The molecule has 0 atom stereocenters. The summed E-state index contributed by atoms with van der Waals surface area (Å²) < 4.78 is 83.7. The fraction of sp³-hybridized carbons (Fsp3) is 1.00. The fourth-order valence-electron chi connectivity index (χ4n) is 7.19. The monoisotopic (exact) mass is 1270 g/mol. The lowest BCUT2D eigenvalue weighted by Gasteiger charge is -2.38. The summed E-state index contributed by atoms with van der Waals surface area (Å²) in [7, 11) is -17.1. The minimum absolute atomic E-state index is 1.11. The maximum atomic E-state index is 10.7. The van der Waals surface area contributed by atoms with E-state index in [9.17, 15) is 13.2 Å². The lowest BCUT2D eigenvalue weighted by molar-refractivity contribution is -0.0510. The van der Waals surface area contributed by atoms with Gasteiger partial charge in [0.05, 0.1) is 0 Å². The molecule has 60 heavy (non-hydrogen) atoms. The lowest BCUT2D eigenvalue weighted by atomic mass is 10.4. The summed E-state index contributed by atoms with van der Waals surface area (Å²) in [6.07, 6.45) is 10.3. The Bertz CT molecular complexity index is 1180. The van der Waals surface area contributed by atoms with E-state index in [2.05, 4.69) is 168 Å². The number of unbranched alkanes of at least 4 members (excludes halogenated alkanes) is 4. The molecule has 1 aliphatic heterocycles. The first-order chi connectivity index (χ1) is 26.7. The molecule has 0 spiro atoms. The van der Waals surface area contributed by atoms with E-state index < -0.39 is 82.2 Å². The molecule has 0 aromatic carbocycles. The zero-order valence-electron chi connectivity index (χ0n) is 40.6. The predicted octanol–water partition coefficient (Wildman–Crippen LogP) is 16.8. The average Bonchev–Trinajstić information content (AvgIpc) is 3.29. The first-order valence-corrected chi connectivity index (χ1v) is 52.7. The van der Waals surface area contributed by atoms with Crippen molar-refractivity contribution >= 4 is 140 Å². The number of alkyl halides is 7. The van der Waals surface area contributed by atoms with Gasteiger partial charge in [-0.3, -0.25) is 4.55 Å². The van der Waals surface area contributed by atoms with Gasteiger partial charge in [-0.05, 0) is 179 Å². The SMILES string of the molecule is C[Si](C)(CCCCBr)O[Si](C)(C)CCCCBr.C[Si](C)(CCCCBr)O[Si](C)(C)CC[Si](C)(C)O[Si](C)(C)CCCCBr.C[Si]1(C)CC[Si](C)(C)O1.O=S(=O)(O)C(F)(F)F. The van der Waals surface area contributed by atoms with Crippen molar-refractivity contribution in [1.82, 2.24) is 0 Å². The first-order valence-electron chi connectivity index (χ1n) is 21.8. The summed E-state index contributed by atoms with van der Waals surface area (Å²) in [5.74, 6) is 0. The summed E-state index contributed by atoms with van der Waals surface area (Å²) >= 11 is 14.1. The van der Waals surface area contributed by atoms with Crippen LogP contribution in [-0.4, -0.2) is 106 Å². The molecule has 366 valence electrons. The summed E-state index contributed by atoms with van der Waals surface area (Å²) in [5.41, 5.74) is -5.53. The van der Waals surface area contributed by atoms with Crippen LogP contribution in [-0.2, 0) is 26.6 Å². The maximum absolute atomic E-state index is 10.7. The molecule has 1 heterocycles. The van der Waals surface area contributed by atoms with E-state index >= 15 is 0 Å². The van der Waals surface area contributed by atoms with E-state index in [1.54, 1.807) is 0 Å². The molecule has 0 amide bonds. The van der Waals surface area contributed by atoms with Gasteiger partial charge in [-0.2, -0.15) is 21.6 Å². The van der Waals surface area contributed by atoms with Gasteiger partial charge in [0, 0.05) is 21.3 Å². The number of hydrogen-bond acceptors (Lipinski definition) is 6. The average molecular weight is 1280 g/mol. The zero-order chi connectivity index (χ0) is 48.0. The summed E-state index contributed by atoms with van der Waals surface area (Å²) in [6, 6.07) is 10.5. The molecule has 0 aromatic heterocycles. The van der Waals surface area contributed by atoms with Crippen molar-refractivity contribution in [1.29, 1.82) is 0 Å². The van der Waals surface area contributed by atoms with Crippen LogP contribution in [0.25, 0.3) is 0 Å². The zero-order valence-corrected chi connectivity index (χ0v) is 55.8. The standard InChI is InChI=1S/C18H44Br2O2Si4.C12H28Br2OSi2.C6H16OSi2.CHF3O3S/c1-23(2,15-11-9-13-19)21-25(5,6)17-18-26(7,8)22-24(3,4)16-12-10-14-20;1-16(2,11-7-5-9-13)15-17(3,4)12-8-6-10-14;1-8(2)5-6-9(3,4)7-8;2-1(3,4)8(5,6)7/h9-18H2,1-8H3;5-12H2,1-4H3;5-6H2,1-4H3;(H,5,6,7). The van der Waals surface area contributed by atoms with E-state index in [1.165, 1.54) is 99.7 Å². The van der Waals surface area contributed by atoms with Crippen LogP contribution in [0.5, 0.6) is 0 Å². The van der Waals surface area contributed by atoms with Crippen LogP contribution in [0.3, 0.4) is 0 Å². The number of hydrogen-bond donors (Lipinski definition) is 1. The van der Waals surface area contributed by atoms with Crippen molar-refractivity contribution in [3.05, 3.63) is 0 Å². The van der Waals surface area contributed by atoms with Crippen molar-refractivity contribution in [2.24, 2.45) is 0 Å². The molecule has 0 radical (unpaired) electrons. The van der Waals surface area contributed by atoms with Crippen LogP contribution < -0.4 is 0 Å². The van der Waals surface area contributed by atoms with Gasteiger partial charge < -0.3 is 16.5 Å². The molecule has 1 saturated heterocycles. The summed E-state index contributed by atoms with van der Waals surface area (Å²) in [5, 5.41) is 4.49. The predicted molar refractivity (Wildman–Crippen MR) is 292 cm³/mol. The van der Waals surface area contributed by atoms with Crippen LogP contribution in [0, 0.1) is 0 Å². The molecule has 1 aliphatic rings. The van der Waals surface area contributed by atoms with Gasteiger partial charge in [-0.15, -0.1) is 0 Å². The largest absolute Gasteiger partial charge is 0.522 e. The number of halogens is 7. The molecule has 0 unspecified atom stereocenters. The van der Waals surface area contributed by atoms with E-state index in [1.807, 2.05) is 0 Å². The molecule has 0 bridgehead atoms. The Morgan fingerprint density at radius 3 is 0.800 bits per heavy atom. The highest BCUT2D eigenvalue weighted by molar-refractivity contribution is 9.09. The highest BCUT2D eigenvalue weighted by Crippen LogP contribution is 2.33. The lowest BCUT2D eigenvalue weighted by Crippen LogP contribution is -2.48. The van der Waals surface area contributed by atoms with E-state index in [-0.39, 0.29) is 0 Å². The quantitative estimate of drug-likeness (QED) is 0.0320. The highest BCUT2D eigenvalue weighted by atomic mass is 79.9. The molecule has 1 fully saturated rings. The maximum Gasteiger partial charge on any atom is 0.522 e. The second-order valence-electron chi connectivity index (χ2n) is 21.0. The van der Waals surface area contributed by atoms with Gasteiger partial charge in [0.15, 0.2) is 66.5 Å². The number of rotatable bonds is 25. The Kier molecular flexibility index (Phi) is 34.4. The molecule has 1 N–H and O–H groups in total. The van der Waals surface area contributed by atoms with Gasteiger partial charge in [0.1, 0.15) is 0 Å². The Hall–Kier alpha value is 3.20. The van der Waals surface area contributed by atoms with Crippen LogP contribution in [0.2, 0.25) is 153 Å². The molecule has 0 aromatic rings. The van der Waals surface area contributed by atoms with Crippen LogP contribution in [0.1, 0.15) is 51.4 Å². The third-order valence-electron chi connectivity index (χ3n) is 9.81. The van der Waals surface area contributed by atoms with Gasteiger partial charge >= 0.3 is 15.6 Å². The highest BCUT2D eigenvalue weighted by Gasteiger charge is 2.44. The van der Waals surface area contributed by atoms with E-state index in [0.717, 1.165) is 21.3 Å². The fourth-order valence-corrected chi connectivity index (χ4v) is 50.0. The smallest absolute Gasteiger partial charge is 0.456 e. The Morgan fingerprint density at radius 1 is 0.483 bits per heavy atom. The third-order valence-corrected chi connectivity index (χ3v) is 43.4.